The van der Waals surface area contributed by atoms with Crippen molar-refractivity contribution in [2.45, 2.75) is 20.0 Å². The third-order valence-electron chi connectivity index (χ3n) is 2.58. The maximum Gasteiger partial charge on any atom is 1.00 e. The van der Waals surface area contributed by atoms with Crippen molar-refractivity contribution in [1.82, 2.24) is 0 Å². The molecule has 7 heteroatoms. The maximum absolute atomic E-state index is 10.7. The summed E-state index contributed by atoms with van der Waals surface area (Å²) in [7, 11) is -4.14. The molecule has 0 amide bonds. The number of benzene rings is 1. The molecule has 0 aliphatic carbocycles. The summed E-state index contributed by atoms with van der Waals surface area (Å²) in [6.07, 6.45) is -1.11. The molecule has 1 aromatic carbocycles. The van der Waals surface area contributed by atoms with Crippen LogP contribution in [0.1, 0.15) is 12.5 Å². The molecule has 1 atom stereocenters. The fourth-order valence-electron chi connectivity index (χ4n) is 1.79. The largest absolute Gasteiger partial charge is 1.00 e. The van der Waals surface area contributed by atoms with E-state index in [9.17, 15) is 13.5 Å². The van der Waals surface area contributed by atoms with Gasteiger partial charge in [-0.1, -0.05) is 12.1 Å². The summed E-state index contributed by atoms with van der Waals surface area (Å²) in [5.74, 6) is -0.644. The van der Waals surface area contributed by atoms with Crippen molar-refractivity contribution in [3.63, 3.8) is 0 Å². The van der Waals surface area contributed by atoms with Gasteiger partial charge in [0.1, 0.15) is 5.75 Å². The Morgan fingerprint density at radius 3 is 2.47 bits per heavy atom. The summed E-state index contributed by atoms with van der Waals surface area (Å²) in [5.41, 5.74) is 2.02. The van der Waals surface area contributed by atoms with E-state index in [0.717, 1.165) is 11.3 Å². The van der Waals surface area contributed by atoms with Crippen LogP contribution in [0.2, 0.25) is 0 Å². The molecule has 1 rings (SSSR count). The van der Waals surface area contributed by atoms with E-state index in [0.29, 0.717) is 6.54 Å². The molecular weight excluding hydrogens is 277 g/mol. The van der Waals surface area contributed by atoms with Gasteiger partial charge in [0.2, 0.25) is 0 Å². The number of likely N-dealkylation sites (N-methyl/N-ethyl adjacent to an activating group) is 1. The van der Waals surface area contributed by atoms with E-state index in [4.69, 9.17) is 4.55 Å². The third-order valence-corrected chi connectivity index (χ3v) is 3.39. The van der Waals surface area contributed by atoms with Crippen LogP contribution in [-0.4, -0.2) is 43.0 Å². The molecule has 0 aromatic heterocycles. The Morgan fingerprint density at radius 1 is 1.37 bits per heavy atom. The van der Waals surface area contributed by atoms with E-state index < -0.39 is 22.0 Å². The van der Waals surface area contributed by atoms with Crippen LogP contribution in [0, 0.1) is 6.92 Å². The van der Waals surface area contributed by atoms with Crippen LogP contribution in [0.5, 0.6) is 0 Å². The molecule has 19 heavy (non-hydrogen) atoms. The first-order valence-corrected chi connectivity index (χ1v) is 7.37. The quantitative estimate of drug-likeness (QED) is 0.472. The summed E-state index contributed by atoms with van der Waals surface area (Å²) in [6.45, 7) is 4.69. The minimum absolute atomic E-state index is 0. The fraction of sp³-hybridized carbons (Fsp3) is 0.500. The number of rotatable bonds is 6. The summed E-state index contributed by atoms with van der Waals surface area (Å²) in [5, 5.41) is 9.64. The number of hydrogen-bond donors (Lipinski definition) is 2. The molecule has 0 spiro atoms. The molecule has 102 valence electrons. The molecule has 0 saturated heterocycles. The van der Waals surface area contributed by atoms with Gasteiger partial charge in [0.15, 0.2) is 0 Å². The topological polar surface area (TPSA) is 77.8 Å². The Bertz CT molecular complexity index is 492. The fourth-order valence-corrected chi connectivity index (χ4v) is 2.38. The Kier molecular flexibility index (Phi) is 8.19. The van der Waals surface area contributed by atoms with Gasteiger partial charge < -0.3 is 10.0 Å². The number of nitrogens with zero attached hydrogens (tertiary/aromatic N) is 1. The summed E-state index contributed by atoms with van der Waals surface area (Å²) >= 11 is 0. The van der Waals surface area contributed by atoms with Gasteiger partial charge >= 0.3 is 29.6 Å². The van der Waals surface area contributed by atoms with Crippen molar-refractivity contribution in [2.24, 2.45) is 0 Å². The van der Waals surface area contributed by atoms with Gasteiger partial charge in [-0.05, 0) is 31.5 Å². The van der Waals surface area contributed by atoms with Crippen LogP contribution < -0.4 is 34.5 Å². The molecular formula is C12H19NNaO4S+. The van der Waals surface area contributed by atoms with Gasteiger partial charge in [-0.2, -0.15) is 8.42 Å². The number of anilines is 1. The Morgan fingerprint density at radius 2 is 2.00 bits per heavy atom. The van der Waals surface area contributed by atoms with Crippen molar-refractivity contribution in [2.75, 3.05) is 23.7 Å². The molecule has 5 nitrogen and oxygen atoms in total. The summed E-state index contributed by atoms with van der Waals surface area (Å²) in [6, 6.07) is 7.73. The predicted molar refractivity (Wildman–Crippen MR) is 71.5 cm³/mol. The Labute approximate surface area is 136 Å². The van der Waals surface area contributed by atoms with Crippen LogP contribution in [0.4, 0.5) is 5.69 Å². The summed E-state index contributed by atoms with van der Waals surface area (Å²) in [4.78, 5) is 1.86. The van der Waals surface area contributed by atoms with Crippen LogP contribution >= 0.6 is 0 Å². The molecule has 0 radical (unpaired) electrons. The van der Waals surface area contributed by atoms with E-state index >= 15 is 0 Å². The zero-order valence-corrected chi connectivity index (χ0v) is 14.4. The minimum Gasteiger partial charge on any atom is -0.390 e. The van der Waals surface area contributed by atoms with Gasteiger partial charge in [0.05, 0.1) is 6.10 Å². The van der Waals surface area contributed by atoms with Gasteiger partial charge in [0, 0.05) is 18.8 Å². The van der Waals surface area contributed by atoms with Crippen molar-refractivity contribution in [3.8, 4) is 0 Å². The van der Waals surface area contributed by atoms with Gasteiger partial charge in [0.25, 0.3) is 10.1 Å². The van der Waals surface area contributed by atoms with Crippen LogP contribution in [0.25, 0.3) is 0 Å². The third kappa shape index (κ3) is 7.29. The number of aliphatic hydroxyl groups is 1. The molecule has 0 fully saturated rings. The first kappa shape index (κ1) is 18.9. The maximum atomic E-state index is 10.7. The van der Waals surface area contributed by atoms with E-state index in [-0.39, 0.29) is 36.1 Å². The number of hydrogen-bond acceptors (Lipinski definition) is 4. The van der Waals surface area contributed by atoms with E-state index in [2.05, 4.69) is 0 Å². The number of aryl methyl sites for hydroxylation is 1. The minimum atomic E-state index is -4.14. The molecule has 0 saturated carbocycles. The molecule has 0 bridgehead atoms. The standard InChI is InChI=1S/C12H19NO4S.Na/c1-3-13(8-12(14)9-18(15,16)17)11-6-4-5-10(2)7-11;/h4-7,12,14H,3,8-9H2,1-2H3,(H,15,16,17);/q;+1. The first-order valence-electron chi connectivity index (χ1n) is 5.76. The Hall–Kier alpha value is -0.110. The zero-order valence-electron chi connectivity index (χ0n) is 11.6. The monoisotopic (exact) mass is 296 g/mol. The van der Waals surface area contributed by atoms with Crippen LogP contribution in [0.3, 0.4) is 0 Å². The second-order valence-electron chi connectivity index (χ2n) is 4.28. The molecule has 1 aromatic rings. The zero-order chi connectivity index (χ0) is 13.8. The van der Waals surface area contributed by atoms with Crippen LogP contribution in [-0.2, 0) is 10.1 Å². The van der Waals surface area contributed by atoms with Crippen molar-refractivity contribution in [3.05, 3.63) is 29.8 Å². The predicted octanol–water partition coefficient (Wildman–Crippen LogP) is -1.93. The first-order chi connectivity index (χ1) is 8.31. The average Bonchev–Trinajstić information content (AvgIpc) is 2.23. The molecule has 0 aliphatic heterocycles. The van der Waals surface area contributed by atoms with Gasteiger partial charge in [-0.15, -0.1) is 0 Å². The molecule has 2 N–H and O–H groups in total. The SMILES string of the molecule is CCN(CC(O)CS(=O)(=O)O)c1cccc(C)c1.[Na+]. The van der Waals surface area contributed by atoms with Crippen LogP contribution in [0.15, 0.2) is 24.3 Å². The van der Waals surface area contributed by atoms with Crippen molar-refractivity contribution < 1.29 is 47.6 Å². The Balaban J connectivity index is 0.00000324. The molecule has 0 aliphatic rings. The second kappa shape index (κ2) is 8.24. The normalized spacial score (nSPS) is 12.6. The van der Waals surface area contributed by atoms with Gasteiger partial charge in [-0.3, -0.25) is 4.55 Å². The summed E-state index contributed by atoms with van der Waals surface area (Å²) < 4.78 is 30.0. The van der Waals surface area contributed by atoms with E-state index in [1.54, 1.807) is 0 Å². The average molecular weight is 296 g/mol. The molecule has 0 heterocycles. The van der Waals surface area contributed by atoms with E-state index in [1.165, 1.54) is 0 Å². The van der Waals surface area contributed by atoms with Gasteiger partial charge in [-0.25, -0.2) is 0 Å². The molecule has 1 unspecified atom stereocenters. The van der Waals surface area contributed by atoms with E-state index in [1.807, 2.05) is 43.0 Å². The second-order valence-corrected chi connectivity index (χ2v) is 5.78. The van der Waals surface area contributed by atoms with Crippen molar-refractivity contribution in [1.29, 1.82) is 0 Å². The number of aliphatic hydroxyl groups excluding tert-OH is 1. The van der Waals surface area contributed by atoms with Crippen molar-refractivity contribution >= 4 is 15.8 Å². The smallest absolute Gasteiger partial charge is 0.390 e.